The smallest absolute Gasteiger partial charge is 0.469 e. The fourth-order valence-electron chi connectivity index (χ4n) is 1.80. The van der Waals surface area contributed by atoms with E-state index in [2.05, 4.69) is 19.7 Å². The molecule has 0 fully saturated rings. The number of nitrogens with one attached hydrogen (secondary N) is 2. The number of aryl methyl sites for hydroxylation is 1. The van der Waals surface area contributed by atoms with Gasteiger partial charge in [0, 0.05) is 23.9 Å². The molecule has 1 heterocycles. The van der Waals surface area contributed by atoms with Crippen LogP contribution in [-0.2, 0) is 31.9 Å². The molecule has 1 rings (SSSR count). The molecule has 14 heteroatoms. The van der Waals surface area contributed by atoms with Gasteiger partial charge in [-0.25, -0.2) is 14.8 Å². The zero-order valence-corrected chi connectivity index (χ0v) is 14.5. The van der Waals surface area contributed by atoms with Crippen LogP contribution >= 0.6 is 7.82 Å². The number of aliphatic carboxylic acids is 1. The molecule has 0 aromatic carbocycles. The van der Waals surface area contributed by atoms with Crippen molar-refractivity contribution in [2.45, 2.75) is 26.1 Å². The number of carboxylic acids is 1. The van der Waals surface area contributed by atoms with Crippen molar-refractivity contribution < 1.29 is 43.5 Å². The highest BCUT2D eigenvalue weighted by molar-refractivity contribution is 7.46. The lowest BCUT2D eigenvalue weighted by Gasteiger charge is -2.17. The Morgan fingerprint density at radius 1 is 1.42 bits per heavy atom. The maximum absolute atomic E-state index is 11.2. The second kappa shape index (κ2) is 9.43. The maximum Gasteiger partial charge on any atom is 0.469 e. The van der Waals surface area contributed by atoms with Crippen molar-refractivity contribution in [3.05, 3.63) is 23.0 Å². The number of nitrogens with two attached hydrogens (primary N) is 1. The van der Waals surface area contributed by atoms with E-state index in [1.54, 1.807) is 5.48 Å². The summed E-state index contributed by atoms with van der Waals surface area (Å²) < 4.78 is 15.2. The minimum absolute atomic E-state index is 0.139. The topological polar surface area (TPSA) is 214 Å². The number of rotatable bonds is 10. The van der Waals surface area contributed by atoms with Crippen molar-refractivity contribution >= 4 is 19.8 Å². The van der Waals surface area contributed by atoms with E-state index in [9.17, 15) is 19.3 Å². The Hall–Kier alpha value is -2.28. The summed E-state index contributed by atoms with van der Waals surface area (Å²) in [4.78, 5) is 47.7. The number of carbonyl (C=O) groups is 2. The molecular formula is C12H19N4O9P. The second-order valence-corrected chi connectivity index (χ2v) is 6.25. The molecule has 0 aliphatic heterocycles. The molecule has 0 aliphatic carbocycles. The molecule has 26 heavy (non-hydrogen) atoms. The summed E-state index contributed by atoms with van der Waals surface area (Å²) in [6.07, 6.45) is 1.24. The standard InChI is InChI=1S/C12H19N4O9P/c1-6-10(17)8(7(2-14-6)4-25-26(21,22)23)3-15-9(11(18)19)5-24-16-12(13)20/h2,9,15,17H,3-5H2,1H3,(H,18,19)(H3,13,16,20)(H2,21,22,23)/t9-/m0/s1. The van der Waals surface area contributed by atoms with Gasteiger partial charge in [-0.05, 0) is 6.92 Å². The van der Waals surface area contributed by atoms with Gasteiger partial charge in [-0.15, -0.1) is 0 Å². The van der Waals surface area contributed by atoms with Gasteiger partial charge in [-0.3, -0.25) is 24.5 Å². The van der Waals surface area contributed by atoms with Crippen molar-refractivity contribution in [2.24, 2.45) is 5.73 Å². The van der Waals surface area contributed by atoms with Crippen LogP contribution in [0, 0.1) is 6.92 Å². The maximum atomic E-state index is 11.2. The molecule has 0 spiro atoms. The fourth-order valence-corrected chi connectivity index (χ4v) is 2.11. The highest BCUT2D eigenvalue weighted by Crippen LogP contribution is 2.38. The average molecular weight is 394 g/mol. The van der Waals surface area contributed by atoms with Crippen LogP contribution in [0.5, 0.6) is 5.75 Å². The number of primary amides is 1. The molecule has 8 N–H and O–H groups in total. The predicted octanol–water partition coefficient (Wildman–Crippen LogP) is -1.15. The van der Waals surface area contributed by atoms with Crippen LogP contribution in [0.25, 0.3) is 0 Å². The predicted molar refractivity (Wildman–Crippen MR) is 84.4 cm³/mol. The van der Waals surface area contributed by atoms with Gasteiger partial charge in [-0.1, -0.05) is 0 Å². The summed E-state index contributed by atoms with van der Waals surface area (Å²) in [6, 6.07) is -2.29. The first-order valence-corrected chi connectivity index (χ1v) is 8.54. The van der Waals surface area contributed by atoms with E-state index in [4.69, 9.17) is 20.6 Å². The number of phosphoric ester groups is 1. The number of carboxylic acid groups (broad SMARTS) is 1. The summed E-state index contributed by atoms with van der Waals surface area (Å²) in [5.74, 6) is -1.60. The van der Waals surface area contributed by atoms with E-state index >= 15 is 0 Å². The van der Waals surface area contributed by atoms with E-state index in [0.717, 1.165) is 0 Å². The van der Waals surface area contributed by atoms with Gasteiger partial charge in [-0.2, -0.15) is 0 Å². The third kappa shape index (κ3) is 7.31. The molecule has 2 amide bonds. The Kier molecular flexibility index (Phi) is 7.89. The lowest BCUT2D eigenvalue weighted by atomic mass is 10.1. The quantitative estimate of drug-likeness (QED) is 0.186. The monoisotopic (exact) mass is 394 g/mol. The number of nitrogens with zero attached hydrogens (tertiary/aromatic N) is 1. The van der Waals surface area contributed by atoms with Crippen LogP contribution in [0.2, 0.25) is 0 Å². The second-order valence-electron chi connectivity index (χ2n) is 5.01. The number of hydrogen-bond acceptors (Lipinski definition) is 8. The fraction of sp³-hybridized carbons (Fsp3) is 0.417. The van der Waals surface area contributed by atoms with Crippen LogP contribution in [0.4, 0.5) is 4.79 Å². The van der Waals surface area contributed by atoms with Crippen molar-refractivity contribution in [3.63, 3.8) is 0 Å². The summed E-state index contributed by atoms with van der Waals surface area (Å²) >= 11 is 0. The van der Waals surface area contributed by atoms with Crippen molar-refractivity contribution in [2.75, 3.05) is 6.61 Å². The van der Waals surface area contributed by atoms with Crippen LogP contribution in [0.3, 0.4) is 0 Å². The number of aromatic hydroxyl groups is 1. The normalized spacial score (nSPS) is 12.6. The molecule has 1 atom stereocenters. The van der Waals surface area contributed by atoms with Gasteiger partial charge in [0.15, 0.2) is 0 Å². The molecule has 0 unspecified atom stereocenters. The van der Waals surface area contributed by atoms with E-state index in [-0.39, 0.29) is 29.1 Å². The molecule has 0 aliphatic rings. The molecule has 1 aromatic heterocycles. The van der Waals surface area contributed by atoms with Crippen LogP contribution in [0.1, 0.15) is 16.8 Å². The van der Waals surface area contributed by atoms with Gasteiger partial charge in [0.1, 0.15) is 18.4 Å². The molecular weight excluding hydrogens is 375 g/mol. The van der Waals surface area contributed by atoms with Crippen molar-refractivity contribution in [1.29, 1.82) is 0 Å². The average Bonchev–Trinajstić information content (AvgIpc) is 2.51. The van der Waals surface area contributed by atoms with Gasteiger partial charge in [0.05, 0.1) is 12.3 Å². The molecule has 0 saturated carbocycles. The number of amides is 2. The molecule has 0 bridgehead atoms. The Balaban J connectivity index is 2.88. The number of carbonyl (C=O) groups excluding carboxylic acids is 1. The lowest BCUT2D eigenvalue weighted by Crippen LogP contribution is -2.43. The number of phosphoric acid groups is 1. The Morgan fingerprint density at radius 3 is 2.62 bits per heavy atom. The first kappa shape index (κ1) is 21.8. The third-order valence-electron chi connectivity index (χ3n) is 3.06. The Morgan fingerprint density at radius 2 is 2.08 bits per heavy atom. The van der Waals surface area contributed by atoms with Gasteiger partial charge in [0.2, 0.25) is 0 Å². The van der Waals surface area contributed by atoms with Crippen LogP contribution in [-0.4, -0.2) is 49.6 Å². The first-order valence-electron chi connectivity index (χ1n) is 7.01. The molecule has 0 radical (unpaired) electrons. The minimum Gasteiger partial charge on any atom is -0.506 e. The highest BCUT2D eigenvalue weighted by Gasteiger charge is 2.21. The Bertz CT molecular complexity index is 708. The SMILES string of the molecule is Cc1ncc(COP(=O)(O)O)c(CN[C@@H](CONC(N)=O)C(=O)O)c1O. The van der Waals surface area contributed by atoms with Crippen molar-refractivity contribution in [1.82, 2.24) is 15.8 Å². The number of urea groups is 1. The summed E-state index contributed by atoms with van der Waals surface area (Å²) in [7, 11) is -4.75. The zero-order valence-electron chi connectivity index (χ0n) is 13.6. The first-order chi connectivity index (χ1) is 12.0. The number of pyridine rings is 1. The summed E-state index contributed by atoms with van der Waals surface area (Å²) in [5, 5.41) is 21.8. The summed E-state index contributed by atoms with van der Waals surface area (Å²) in [5.41, 5.74) is 7.06. The molecule has 0 saturated heterocycles. The lowest BCUT2D eigenvalue weighted by molar-refractivity contribution is -0.141. The molecule has 13 nitrogen and oxygen atoms in total. The number of hydroxylamine groups is 1. The number of aromatic nitrogens is 1. The van der Waals surface area contributed by atoms with Gasteiger partial charge >= 0.3 is 19.8 Å². The van der Waals surface area contributed by atoms with Crippen LogP contribution in [0.15, 0.2) is 6.20 Å². The van der Waals surface area contributed by atoms with Crippen molar-refractivity contribution in [3.8, 4) is 5.75 Å². The largest absolute Gasteiger partial charge is 0.506 e. The highest BCUT2D eigenvalue weighted by atomic mass is 31.2. The van der Waals surface area contributed by atoms with E-state index < -0.39 is 39.1 Å². The minimum atomic E-state index is -4.75. The van der Waals surface area contributed by atoms with Gasteiger partial charge < -0.3 is 25.7 Å². The van der Waals surface area contributed by atoms with E-state index in [1.807, 2.05) is 0 Å². The molecule has 146 valence electrons. The van der Waals surface area contributed by atoms with Gasteiger partial charge in [0.25, 0.3) is 0 Å². The Labute approximate surface area is 147 Å². The third-order valence-corrected chi connectivity index (χ3v) is 3.53. The van der Waals surface area contributed by atoms with E-state index in [0.29, 0.717) is 0 Å². The van der Waals surface area contributed by atoms with Crippen LogP contribution < -0.4 is 16.5 Å². The summed E-state index contributed by atoms with van der Waals surface area (Å²) in [6.45, 7) is 0.240. The molecule has 1 aromatic rings. The zero-order chi connectivity index (χ0) is 19.9. The van der Waals surface area contributed by atoms with E-state index in [1.165, 1.54) is 13.1 Å². The number of hydrogen-bond donors (Lipinski definition) is 7.